The summed E-state index contributed by atoms with van der Waals surface area (Å²) in [4.78, 5) is 0. The van der Waals surface area contributed by atoms with Gasteiger partial charge in [0, 0.05) is 18.0 Å². The highest BCUT2D eigenvalue weighted by molar-refractivity contribution is 6.31. The van der Waals surface area contributed by atoms with Crippen LogP contribution in [-0.4, -0.2) is 10.2 Å². The van der Waals surface area contributed by atoms with Crippen LogP contribution >= 0.6 is 11.6 Å². The molecule has 0 aliphatic rings. The lowest BCUT2D eigenvalue weighted by molar-refractivity contribution is 0.431. The minimum atomic E-state index is 0.135. The monoisotopic (exact) mass is 251 g/mol. The van der Waals surface area contributed by atoms with Crippen molar-refractivity contribution in [3.63, 3.8) is 0 Å². The van der Waals surface area contributed by atoms with Crippen LogP contribution in [0.2, 0.25) is 5.02 Å². The molecule has 0 amide bonds. The van der Waals surface area contributed by atoms with E-state index in [1.165, 1.54) is 0 Å². The molecular weight excluding hydrogens is 238 g/mol. The number of benzene rings is 1. The average Bonchev–Trinajstić information content (AvgIpc) is 2.73. The normalized spacial score (nSPS) is 12.6. The topological polar surface area (TPSA) is 51.0 Å². The van der Waals surface area contributed by atoms with Crippen molar-refractivity contribution in [1.29, 1.82) is 0 Å². The highest BCUT2D eigenvalue weighted by Crippen LogP contribution is 2.22. The summed E-state index contributed by atoms with van der Waals surface area (Å²) < 4.78 is 5.28. The number of nitrogens with zero attached hydrogens (tertiary/aromatic N) is 2. The summed E-state index contributed by atoms with van der Waals surface area (Å²) in [6.45, 7) is 4.35. The number of rotatable bonds is 4. The Morgan fingerprint density at radius 2 is 2.12 bits per heavy atom. The van der Waals surface area contributed by atoms with Gasteiger partial charge in [0.15, 0.2) is 0 Å². The molecule has 1 heterocycles. The van der Waals surface area contributed by atoms with E-state index in [1.807, 2.05) is 31.2 Å². The van der Waals surface area contributed by atoms with Crippen LogP contribution in [0.3, 0.4) is 0 Å². The molecule has 0 fully saturated rings. The Bertz CT molecular complexity index is 498. The molecule has 0 saturated carbocycles. The maximum absolute atomic E-state index is 6.11. The molecule has 0 spiro atoms. The molecule has 1 N–H and O–H groups in total. The Morgan fingerprint density at radius 1 is 1.35 bits per heavy atom. The summed E-state index contributed by atoms with van der Waals surface area (Å²) in [6, 6.07) is 7.90. The lowest BCUT2D eigenvalue weighted by Gasteiger charge is -2.14. The fourth-order valence-corrected chi connectivity index (χ4v) is 1.88. The third kappa shape index (κ3) is 3.05. The third-order valence-corrected chi connectivity index (χ3v) is 2.84. The van der Waals surface area contributed by atoms with E-state index in [0.717, 1.165) is 10.6 Å². The minimum absolute atomic E-state index is 0.135. The molecule has 17 heavy (non-hydrogen) atoms. The van der Waals surface area contributed by atoms with Crippen LogP contribution in [-0.2, 0) is 6.54 Å². The van der Waals surface area contributed by atoms with Gasteiger partial charge in [-0.25, -0.2) is 0 Å². The largest absolute Gasteiger partial charge is 0.424 e. The highest BCUT2D eigenvalue weighted by Gasteiger charge is 2.10. The standard InChI is InChI=1S/C12H14ClN3O/c1-8(10-5-3-4-6-11(10)13)14-7-12-16-15-9(2)17-12/h3-6,8,14H,7H2,1-2H3/t8-/m1/s1. The van der Waals surface area contributed by atoms with Crippen molar-refractivity contribution >= 4 is 11.6 Å². The van der Waals surface area contributed by atoms with Crippen LogP contribution < -0.4 is 5.32 Å². The van der Waals surface area contributed by atoms with E-state index in [4.69, 9.17) is 16.0 Å². The maximum atomic E-state index is 6.11. The zero-order valence-corrected chi connectivity index (χ0v) is 10.5. The second-order valence-corrected chi connectivity index (χ2v) is 4.25. The first-order valence-corrected chi connectivity index (χ1v) is 5.81. The SMILES string of the molecule is Cc1nnc(CN[C@H](C)c2ccccc2Cl)o1. The van der Waals surface area contributed by atoms with E-state index in [9.17, 15) is 0 Å². The number of halogens is 1. The van der Waals surface area contributed by atoms with Gasteiger partial charge in [0.1, 0.15) is 0 Å². The molecule has 0 saturated heterocycles. The van der Waals surface area contributed by atoms with Crippen molar-refractivity contribution in [3.05, 3.63) is 46.6 Å². The Labute approximate surface area is 105 Å². The summed E-state index contributed by atoms with van der Waals surface area (Å²) >= 11 is 6.11. The van der Waals surface area contributed by atoms with Gasteiger partial charge in [0.25, 0.3) is 0 Å². The van der Waals surface area contributed by atoms with E-state index < -0.39 is 0 Å². The molecule has 0 radical (unpaired) electrons. The number of hydrogen-bond donors (Lipinski definition) is 1. The fourth-order valence-electron chi connectivity index (χ4n) is 1.59. The first-order chi connectivity index (χ1) is 8.16. The zero-order valence-electron chi connectivity index (χ0n) is 9.77. The highest BCUT2D eigenvalue weighted by atomic mass is 35.5. The summed E-state index contributed by atoms with van der Waals surface area (Å²) in [7, 11) is 0. The van der Waals surface area contributed by atoms with Crippen LogP contribution in [0.4, 0.5) is 0 Å². The van der Waals surface area contributed by atoms with Crippen LogP contribution in [0.25, 0.3) is 0 Å². The molecule has 0 unspecified atom stereocenters. The van der Waals surface area contributed by atoms with Crippen molar-refractivity contribution in [2.75, 3.05) is 0 Å². The lowest BCUT2D eigenvalue weighted by atomic mass is 10.1. The molecular formula is C12H14ClN3O. The molecule has 1 aromatic carbocycles. The van der Waals surface area contributed by atoms with Crippen LogP contribution in [0, 0.1) is 6.92 Å². The number of nitrogens with one attached hydrogen (secondary N) is 1. The smallest absolute Gasteiger partial charge is 0.230 e. The first kappa shape index (κ1) is 12.1. The van der Waals surface area contributed by atoms with Crippen LogP contribution in [0.1, 0.15) is 30.3 Å². The van der Waals surface area contributed by atoms with E-state index in [-0.39, 0.29) is 6.04 Å². The number of aryl methyl sites for hydroxylation is 1. The minimum Gasteiger partial charge on any atom is -0.424 e. The number of aromatic nitrogens is 2. The van der Waals surface area contributed by atoms with Gasteiger partial charge < -0.3 is 9.73 Å². The molecule has 4 nitrogen and oxygen atoms in total. The molecule has 1 atom stereocenters. The molecule has 0 aliphatic heterocycles. The fraction of sp³-hybridized carbons (Fsp3) is 0.333. The van der Waals surface area contributed by atoms with Crippen molar-refractivity contribution in [1.82, 2.24) is 15.5 Å². The van der Waals surface area contributed by atoms with Gasteiger partial charge >= 0.3 is 0 Å². The van der Waals surface area contributed by atoms with E-state index in [2.05, 4.69) is 15.5 Å². The van der Waals surface area contributed by atoms with Crippen molar-refractivity contribution in [2.24, 2.45) is 0 Å². The maximum Gasteiger partial charge on any atom is 0.230 e. The predicted molar refractivity (Wildman–Crippen MR) is 65.7 cm³/mol. The van der Waals surface area contributed by atoms with Gasteiger partial charge in [-0.15, -0.1) is 10.2 Å². The average molecular weight is 252 g/mol. The van der Waals surface area contributed by atoms with Crippen molar-refractivity contribution < 1.29 is 4.42 Å². The Hall–Kier alpha value is -1.39. The second-order valence-electron chi connectivity index (χ2n) is 3.84. The zero-order chi connectivity index (χ0) is 12.3. The number of hydrogen-bond acceptors (Lipinski definition) is 4. The molecule has 2 aromatic rings. The molecule has 0 bridgehead atoms. The molecule has 5 heteroatoms. The van der Waals surface area contributed by atoms with Gasteiger partial charge in [-0.3, -0.25) is 0 Å². The Kier molecular flexibility index (Phi) is 3.76. The molecule has 90 valence electrons. The van der Waals surface area contributed by atoms with Gasteiger partial charge in [-0.1, -0.05) is 29.8 Å². The van der Waals surface area contributed by atoms with E-state index in [1.54, 1.807) is 6.92 Å². The van der Waals surface area contributed by atoms with Gasteiger partial charge in [-0.05, 0) is 18.6 Å². The van der Waals surface area contributed by atoms with Crippen LogP contribution in [0.5, 0.6) is 0 Å². The van der Waals surface area contributed by atoms with Crippen LogP contribution in [0.15, 0.2) is 28.7 Å². The Morgan fingerprint density at radius 3 is 2.76 bits per heavy atom. The van der Waals surface area contributed by atoms with E-state index in [0.29, 0.717) is 18.3 Å². The summed E-state index contributed by atoms with van der Waals surface area (Å²) in [5.41, 5.74) is 1.06. The Balaban J connectivity index is 1.98. The summed E-state index contributed by atoms with van der Waals surface area (Å²) in [5, 5.41) is 11.7. The molecule has 1 aromatic heterocycles. The lowest BCUT2D eigenvalue weighted by Crippen LogP contribution is -2.18. The van der Waals surface area contributed by atoms with Gasteiger partial charge in [0.2, 0.25) is 11.8 Å². The van der Waals surface area contributed by atoms with Gasteiger partial charge in [0.05, 0.1) is 6.54 Å². The molecule has 2 rings (SSSR count). The second kappa shape index (κ2) is 5.29. The predicted octanol–water partition coefficient (Wildman–Crippen LogP) is 2.88. The van der Waals surface area contributed by atoms with Crippen molar-refractivity contribution in [2.45, 2.75) is 26.4 Å². The van der Waals surface area contributed by atoms with Crippen molar-refractivity contribution in [3.8, 4) is 0 Å². The summed E-state index contributed by atoms with van der Waals surface area (Å²) in [5.74, 6) is 1.16. The quantitative estimate of drug-likeness (QED) is 0.908. The first-order valence-electron chi connectivity index (χ1n) is 5.43. The third-order valence-electron chi connectivity index (χ3n) is 2.50. The van der Waals surface area contributed by atoms with Gasteiger partial charge in [-0.2, -0.15) is 0 Å². The summed E-state index contributed by atoms with van der Waals surface area (Å²) in [6.07, 6.45) is 0. The van der Waals surface area contributed by atoms with E-state index >= 15 is 0 Å². The molecule has 0 aliphatic carbocycles.